The average molecular weight is 791 g/mol. The van der Waals surface area contributed by atoms with Crippen LogP contribution < -0.4 is 10.5 Å². The second-order valence-corrected chi connectivity index (χ2v) is 18.4. The number of hydrogen-bond acceptors (Lipinski definition) is 10. The van der Waals surface area contributed by atoms with Crippen LogP contribution in [0.25, 0.3) is 22.3 Å². The highest BCUT2D eigenvalue weighted by atomic mass is 16.5. The Hall–Kier alpha value is -4.30. The zero-order valence-corrected chi connectivity index (χ0v) is 34.5. The number of fused-ring (bicyclic) bond motifs is 1. The minimum atomic E-state index is -0.767. The first-order chi connectivity index (χ1) is 28.2. The molecule has 0 saturated carbocycles. The largest absolute Gasteiger partial charge is 0.465 e. The number of nitrogen functional groups attached to an aromatic ring is 1. The van der Waals surface area contributed by atoms with Crippen molar-refractivity contribution in [3.8, 4) is 22.8 Å². The topological polar surface area (TPSA) is 132 Å². The van der Waals surface area contributed by atoms with Crippen molar-refractivity contribution in [3.63, 3.8) is 0 Å². The van der Waals surface area contributed by atoms with E-state index in [1.54, 1.807) is 11.2 Å². The lowest BCUT2D eigenvalue weighted by Gasteiger charge is -2.52. The lowest BCUT2D eigenvalue weighted by Crippen LogP contribution is -2.64. The molecule has 0 unspecified atom stereocenters. The Morgan fingerprint density at radius 1 is 0.724 bits per heavy atom. The van der Waals surface area contributed by atoms with Crippen LogP contribution in [-0.4, -0.2) is 146 Å². The summed E-state index contributed by atoms with van der Waals surface area (Å²) in [6.07, 6.45) is 9.98. The Kier molecular flexibility index (Phi) is 11.3. The molecule has 4 aromatic rings. The fourth-order valence-electron chi connectivity index (χ4n) is 10.9. The molecule has 0 radical (unpaired) electrons. The lowest BCUT2D eigenvalue weighted by atomic mass is 9.73. The van der Waals surface area contributed by atoms with Crippen LogP contribution >= 0.6 is 0 Å². The summed E-state index contributed by atoms with van der Waals surface area (Å²) >= 11 is 0. The molecule has 5 saturated heterocycles. The summed E-state index contributed by atoms with van der Waals surface area (Å²) in [4.78, 5) is 33.0. The van der Waals surface area contributed by atoms with E-state index in [0.29, 0.717) is 30.9 Å². The van der Waals surface area contributed by atoms with Crippen LogP contribution in [0, 0.1) is 11.3 Å². The number of nitrogens with zero attached hydrogens (tertiary/aromatic N) is 9. The van der Waals surface area contributed by atoms with Crippen molar-refractivity contribution in [2.45, 2.75) is 89.4 Å². The molecule has 310 valence electrons. The number of para-hydroxylation sites is 1. The SMILES string of the molecule is CC(C)(CN1CCC(N2CCC(N3CC(N4CCC(n5nc(-c6ccc(Oc7ccccc7)cc6)c6c(N)ncnc65)CC4)C3)CC2)CC1)C1CCN(C(=O)O)CC1. The Labute approximate surface area is 343 Å². The first kappa shape index (κ1) is 39.2. The molecule has 0 spiro atoms. The zero-order chi connectivity index (χ0) is 39.8. The Morgan fingerprint density at radius 3 is 1.97 bits per heavy atom. The number of aromatic nitrogens is 4. The van der Waals surface area contributed by atoms with Crippen molar-refractivity contribution in [3.05, 3.63) is 60.9 Å². The smallest absolute Gasteiger partial charge is 0.407 e. The third-order valence-corrected chi connectivity index (χ3v) is 14.5. The van der Waals surface area contributed by atoms with Gasteiger partial charge in [0.15, 0.2) is 5.65 Å². The normalized spacial score (nSPS) is 22.4. The van der Waals surface area contributed by atoms with Crippen LogP contribution in [0.4, 0.5) is 10.6 Å². The number of hydrogen-bond donors (Lipinski definition) is 2. The molecule has 13 nitrogen and oxygen atoms in total. The second kappa shape index (κ2) is 16.8. The molecule has 2 aromatic heterocycles. The van der Waals surface area contributed by atoms with Crippen molar-refractivity contribution in [1.29, 1.82) is 0 Å². The minimum absolute atomic E-state index is 0.220. The fraction of sp³-hybridized carbons (Fsp3) is 0.600. The molecule has 2 aromatic carbocycles. The van der Waals surface area contributed by atoms with E-state index in [2.05, 4.69) is 43.1 Å². The number of ether oxygens (including phenoxy) is 1. The highest BCUT2D eigenvalue weighted by molar-refractivity contribution is 5.98. The molecule has 5 fully saturated rings. The summed E-state index contributed by atoms with van der Waals surface area (Å²) in [5, 5.41) is 15.3. The van der Waals surface area contributed by atoms with E-state index in [1.165, 1.54) is 65.0 Å². The first-order valence-electron chi connectivity index (χ1n) is 21.9. The summed E-state index contributed by atoms with van der Waals surface area (Å²) in [6, 6.07) is 20.2. The summed E-state index contributed by atoms with van der Waals surface area (Å²) < 4.78 is 8.15. The molecular weight excluding hydrogens is 729 g/mol. The molecule has 0 atom stereocenters. The molecule has 7 heterocycles. The predicted octanol–water partition coefficient (Wildman–Crippen LogP) is 6.53. The van der Waals surface area contributed by atoms with Gasteiger partial charge in [-0.25, -0.2) is 19.4 Å². The van der Waals surface area contributed by atoms with Crippen LogP contribution in [0.15, 0.2) is 60.9 Å². The highest BCUT2D eigenvalue weighted by Crippen LogP contribution is 2.38. The number of amides is 1. The minimum Gasteiger partial charge on any atom is -0.465 e. The van der Waals surface area contributed by atoms with Gasteiger partial charge < -0.3 is 30.3 Å². The molecule has 0 bridgehead atoms. The molecule has 9 rings (SSSR count). The van der Waals surface area contributed by atoms with Crippen molar-refractivity contribution in [2.24, 2.45) is 11.3 Å². The number of nitrogens with two attached hydrogens (primary N) is 1. The number of anilines is 1. The van der Waals surface area contributed by atoms with Crippen LogP contribution in [-0.2, 0) is 0 Å². The van der Waals surface area contributed by atoms with Crippen LogP contribution in [0.2, 0.25) is 0 Å². The fourth-order valence-corrected chi connectivity index (χ4v) is 10.9. The maximum atomic E-state index is 11.4. The van der Waals surface area contributed by atoms with E-state index < -0.39 is 6.09 Å². The van der Waals surface area contributed by atoms with E-state index in [1.807, 2.05) is 54.6 Å². The molecule has 3 N–H and O–H groups in total. The van der Waals surface area contributed by atoms with Gasteiger partial charge in [-0.05, 0) is 125 Å². The number of piperidine rings is 4. The maximum absolute atomic E-state index is 11.4. The molecule has 5 aliphatic heterocycles. The summed E-state index contributed by atoms with van der Waals surface area (Å²) in [5.41, 5.74) is 9.29. The number of benzene rings is 2. The maximum Gasteiger partial charge on any atom is 0.407 e. The molecule has 58 heavy (non-hydrogen) atoms. The third-order valence-electron chi connectivity index (χ3n) is 14.5. The van der Waals surface area contributed by atoms with Gasteiger partial charge in [0, 0.05) is 69.5 Å². The number of carbonyl (C=O) groups is 1. The Balaban J connectivity index is 0.719. The quantitative estimate of drug-likeness (QED) is 0.182. The van der Waals surface area contributed by atoms with Gasteiger partial charge >= 0.3 is 6.09 Å². The third kappa shape index (κ3) is 8.28. The van der Waals surface area contributed by atoms with E-state index in [0.717, 1.165) is 91.2 Å². The number of likely N-dealkylation sites (tertiary alicyclic amines) is 5. The van der Waals surface area contributed by atoms with Gasteiger partial charge in [0.2, 0.25) is 0 Å². The monoisotopic (exact) mass is 791 g/mol. The average Bonchev–Trinajstić information content (AvgIpc) is 3.63. The standard InChI is InChI=1S/C45H62N10O3/c1-45(2,33-12-22-53(23-13-33)44(56)57)30-50-20-14-34(15-21-50)51-24-16-35(17-25-51)54-28-37(29-54)52-26-18-36(19-27-52)55-43-40(42(46)47-31-48-43)41(49-55)32-8-10-39(11-9-32)58-38-6-4-3-5-7-38/h3-11,31,33-37H,12-30H2,1-2H3,(H,56,57)(H2,46,47,48). The first-order valence-corrected chi connectivity index (χ1v) is 21.9. The zero-order valence-electron chi connectivity index (χ0n) is 34.5. The van der Waals surface area contributed by atoms with E-state index in [-0.39, 0.29) is 11.5 Å². The van der Waals surface area contributed by atoms with Gasteiger partial charge in [-0.1, -0.05) is 32.0 Å². The van der Waals surface area contributed by atoms with E-state index >= 15 is 0 Å². The second-order valence-electron chi connectivity index (χ2n) is 18.4. The van der Waals surface area contributed by atoms with Crippen LogP contribution in [0.3, 0.4) is 0 Å². The van der Waals surface area contributed by atoms with Crippen LogP contribution in [0.1, 0.15) is 71.3 Å². The Morgan fingerprint density at radius 2 is 1.31 bits per heavy atom. The summed E-state index contributed by atoms with van der Waals surface area (Å²) in [6.45, 7) is 16.7. The molecule has 1 amide bonds. The molecule has 0 aliphatic carbocycles. The van der Waals surface area contributed by atoms with Gasteiger partial charge in [-0.2, -0.15) is 5.10 Å². The summed E-state index contributed by atoms with van der Waals surface area (Å²) in [5.74, 6) is 2.63. The van der Waals surface area contributed by atoms with Gasteiger partial charge in [-0.15, -0.1) is 0 Å². The van der Waals surface area contributed by atoms with E-state index in [9.17, 15) is 9.90 Å². The molecular formula is C45H62N10O3. The van der Waals surface area contributed by atoms with Crippen molar-refractivity contribution >= 4 is 22.9 Å². The summed E-state index contributed by atoms with van der Waals surface area (Å²) in [7, 11) is 0. The lowest BCUT2D eigenvalue weighted by molar-refractivity contribution is -0.0322. The van der Waals surface area contributed by atoms with Gasteiger partial charge in [0.1, 0.15) is 29.3 Å². The van der Waals surface area contributed by atoms with Gasteiger partial charge in [-0.3, -0.25) is 9.80 Å². The molecule has 13 heteroatoms. The highest BCUT2D eigenvalue weighted by Gasteiger charge is 2.41. The van der Waals surface area contributed by atoms with Gasteiger partial charge in [0.05, 0.1) is 11.4 Å². The van der Waals surface area contributed by atoms with Crippen molar-refractivity contribution in [1.82, 2.24) is 44.2 Å². The number of rotatable bonds is 10. The van der Waals surface area contributed by atoms with Crippen molar-refractivity contribution in [2.75, 3.05) is 77.7 Å². The molecule has 5 aliphatic rings. The van der Waals surface area contributed by atoms with Crippen LogP contribution in [0.5, 0.6) is 11.5 Å². The van der Waals surface area contributed by atoms with Crippen molar-refractivity contribution < 1.29 is 14.6 Å². The number of carboxylic acid groups (broad SMARTS) is 1. The van der Waals surface area contributed by atoms with Gasteiger partial charge in [0.25, 0.3) is 0 Å². The predicted molar refractivity (Wildman–Crippen MR) is 227 cm³/mol. The van der Waals surface area contributed by atoms with E-state index in [4.69, 9.17) is 20.6 Å². The Bertz CT molecular complexity index is 1990.